The fourth-order valence-electron chi connectivity index (χ4n) is 2.07. The Balaban J connectivity index is 2.28. The van der Waals surface area contributed by atoms with Crippen LogP contribution in [0.25, 0.3) is 0 Å². The fourth-order valence-corrected chi connectivity index (χ4v) is 3.26. The van der Waals surface area contributed by atoms with Gasteiger partial charge in [-0.3, -0.25) is 4.79 Å². The van der Waals surface area contributed by atoms with Gasteiger partial charge in [-0.1, -0.05) is 23.2 Å². The first kappa shape index (κ1) is 19.5. The second kappa shape index (κ2) is 8.52. The lowest BCUT2D eigenvalue weighted by atomic mass is 10.2. The van der Waals surface area contributed by atoms with E-state index in [0.717, 1.165) is 0 Å². The van der Waals surface area contributed by atoms with Crippen molar-refractivity contribution in [3.05, 3.63) is 49.7 Å². The molecule has 2 rings (SSSR count). The average Bonchev–Trinajstić information content (AvgIpc) is 2.54. The molecule has 0 aliphatic rings. The number of aromatic nitrogens is 1. The zero-order valence-electron chi connectivity index (χ0n) is 13.4. The summed E-state index contributed by atoms with van der Waals surface area (Å²) in [7, 11) is 0. The van der Waals surface area contributed by atoms with Gasteiger partial charge in [-0.05, 0) is 41.9 Å². The smallest absolute Gasteiger partial charge is 0.315 e. The first-order chi connectivity index (χ1) is 11.8. The third-order valence-electron chi connectivity index (χ3n) is 3.12. The Morgan fingerprint density at radius 3 is 2.68 bits per heavy atom. The number of ether oxygens (including phenoxy) is 2. The number of benzene rings is 1. The summed E-state index contributed by atoms with van der Waals surface area (Å²) in [5, 5.41) is 9.54. The molecule has 1 aromatic carbocycles. The Morgan fingerprint density at radius 1 is 1.36 bits per heavy atom. The topological polar surface area (TPSA) is 72.2 Å². The lowest BCUT2D eigenvalue weighted by molar-refractivity contribution is -0.133. The Morgan fingerprint density at radius 2 is 2.08 bits per heavy atom. The third kappa shape index (κ3) is 4.85. The molecule has 25 heavy (non-hydrogen) atoms. The fraction of sp³-hybridized carbons (Fsp3) is 0.235. The van der Waals surface area contributed by atoms with Crippen LogP contribution in [-0.2, 0) is 11.2 Å². The minimum absolute atomic E-state index is 0.150. The Labute approximate surface area is 163 Å². The maximum absolute atomic E-state index is 12.3. The number of carbonyl (C=O) groups is 1. The Hall–Kier alpha value is -1.81. The van der Waals surface area contributed by atoms with E-state index < -0.39 is 5.97 Å². The van der Waals surface area contributed by atoms with Gasteiger partial charge in [0.15, 0.2) is 11.5 Å². The van der Waals surface area contributed by atoms with E-state index in [2.05, 4.69) is 20.9 Å². The summed E-state index contributed by atoms with van der Waals surface area (Å²) in [6, 6.07) is 6.68. The summed E-state index contributed by atoms with van der Waals surface area (Å²) in [5.74, 6) is -0.0972. The van der Waals surface area contributed by atoms with Crippen molar-refractivity contribution < 1.29 is 14.3 Å². The summed E-state index contributed by atoms with van der Waals surface area (Å²) in [5.41, 5.74) is 1.42. The molecule has 0 saturated heterocycles. The van der Waals surface area contributed by atoms with E-state index in [1.165, 1.54) is 6.07 Å². The van der Waals surface area contributed by atoms with E-state index in [9.17, 15) is 4.79 Å². The van der Waals surface area contributed by atoms with E-state index in [0.29, 0.717) is 38.7 Å². The minimum atomic E-state index is -0.583. The highest BCUT2D eigenvalue weighted by atomic mass is 79.9. The lowest BCUT2D eigenvalue weighted by Gasteiger charge is -2.13. The van der Waals surface area contributed by atoms with Crippen molar-refractivity contribution in [3.63, 3.8) is 0 Å². The van der Waals surface area contributed by atoms with Gasteiger partial charge >= 0.3 is 5.97 Å². The molecule has 2 aromatic rings. The minimum Gasteiger partial charge on any atom is -0.490 e. The molecule has 0 atom stereocenters. The molecule has 0 bridgehead atoms. The van der Waals surface area contributed by atoms with E-state index in [1.807, 2.05) is 6.07 Å². The molecular formula is C17H13BrCl2N2O3. The molecule has 0 saturated carbocycles. The number of carbonyl (C=O) groups excluding carboxylic acids is 1. The Bertz CT molecular complexity index is 843. The molecule has 130 valence electrons. The number of nitriles is 1. The number of pyridine rings is 1. The normalized spacial score (nSPS) is 10.2. The van der Waals surface area contributed by atoms with Crippen LogP contribution >= 0.6 is 39.1 Å². The SMILES string of the molecule is CCOc1cc(C#N)cc(Br)c1OC(=O)Cc1c(Cl)cc(C)nc1Cl. The van der Waals surface area contributed by atoms with Crippen LogP contribution in [0, 0.1) is 18.3 Å². The third-order valence-corrected chi connectivity index (χ3v) is 4.36. The molecule has 0 amide bonds. The predicted molar refractivity (Wildman–Crippen MR) is 98.4 cm³/mol. The number of hydrogen-bond acceptors (Lipinski definition) is 5. The highest BCUT2D eigenvalue weighted by molar-refractivity contribution is 9.10. The van der Waals surface area contributed by atoms with Gasteiger partial charge < -0.3 is 9.47 Å². The molecule has 1 aromatic heterocycles. The summed E-state index contributed by atoms with van der Waals surface area (Å²) < 4.78 is 11.3. The van der Waals surface area contributed by atoms with E-state index in [4.69, 9.17) is 37.9 Å². The van der Waals surface area contributed by atoms with Crippen LogP contribution in [0.4, 0.5) is 0 Å². The molecule has 0 spiro atoms. The summed E-state index contributed by atoms with van der Waals surface area (Å²) in [4.78, 5) is 16.4. The van der Waals surface area contributed by atoms with Crippen molar-refractivity contribution in [2.45, 2.75) is 20.3 Å². The highest BCUT2D eigenvalue weighted by Gasteiger charge is 2.19. The maximum Gasteiger partial charge on any atom is 0.315 e. The van der Waals surface area contributed by atoms with Crippen LogP contribution in [0.1, 0.15) is 23.7 Å². The van der Waals surface area contributed by atoms with Crippen LogP contribution < -0.4 is 9.47 Å². The van der Waals surface area contributed by atoms with Gasteiger partial charge in [0, 0.05) is 22.3 Å². The average molecular weight is 444 g/mol. The number of aryl methyl sites for hydroxylation is 1. The van der Waals surface area contributed by atoms with Gasteiger partial charge in [-0.2, -0.15) is 5.26 Å². The zero-order chi connectivity index (χ0) is 18.6. The largest absolute Gasteiger partial charge is 0.490 e. The number of nitrogens with zero attached hydrogens (tertiary/aromatic N) is 2. The van der Waals surface area contributed by atoms with Crippen LogP contribution in [-0.4, -0.2) is 17.6 Å². The summed E-state index contributed by atoms with van der Waals surface area (Å²) >= 11 is 15.5. The zero-order valence-corrected chi connectivity index (χ0v) is 16.5. The summed E-state index contributed by atoms with van der Waals surface area (Å²) in [6.45, 7) is 3.89. The molecule has 0 aliphatic heterocycles. The predicted octanol–water partition coefficient (Wildman–Crippen LogP) is 4.88. The van der Waals surface area contributed by atoms with E-state index >= 15 is 0 Å². The summed E-state index contributed by atoms with van der Waals surface area (Å²) in [6.07, 6.45) is -0.150. The second-order valence-electron chi connectivity index (χ2n) is 5.00. The monoisotopic (exact) mass is 442 g/mol. The number of esters is 1. The van der Waals surface area contributed by atoms with Crippen molar-refractivity contribution in [2.24, 2.45) is 0 Å². The van der Waals surface area contributed by atoms with Crippen molar-refractivity contribution in [1.82, 2.24) is 4.98 Å². The van der Waals surface area contributed by atoms with Crippen LogP contribution in [0.15, 0.2) is 22.7 Å². The molecule has 0 radical (unpaired) electrons. The molecule has 0 aliphatic carbocycles. The molecule has 0 fully saturated rings. The Kier molecular flexibility index (Phi) is 6.65. The van der Waals surface area contributed by atoms with Gasteiger partial charge in [0.1, 0.15) is 5.15 Å². The maximum atomic E-state index is 12.3. The van der Waals surface area contributed by atoms with Crippen molar-refractivity contribution >= 4 is 45.1 Å². The highest BCUT2D eigenvalue weighted by Crippen LogP contribution is 2.37. The van der Waals surface area contributed by atoms with Gasteiger partial charge in [0.25, 0.3) is 0 Å². The van der Waals surface area contributed by atoms with E-state index in [1.54, 1.807) is 26.0 Å². The van der Waals surface area contributed by atoms with Crippen LogP contribution in [0.5, 0.6) is 11.5 Å². The molecule has 0 N–H and O–H groups in total. The quantitative estimate of drug-likeness (QED) is 0.374. The van der Waals surface area contributed by atoms with Crippen molar-refractivity contribution in [2.75, 3.05) is 6.61 Å². The molecule has 0 unspecified atom stereocenters. The van der Waals surface area contributed by atoms with Gasteiger partial charge in [0.05, 0.1) is 29.1 Å². The standard InChI is InChI=1S/C17H13BrCl2N2O3/c1-3-24-14-6-10(8-21)5-12(18)16(14)25-15(23)7-11-13(19)4-9(2)22-17(11)20/h4-6H,3,7H2,1-2H3. The molecular weight excluding hydrogens is 431 g/mol. The molecule has 1 heterocycles. The first-order valence-electron chi connectivity index (χ1n) is 7.24. The van der Waals surface area contributed by atoms with Crippen molar-refractivity contribution in [1.29, 1.82) is 5.26 Å². The van der Waals surface area contributed by atoms with Crippen LogP contribution in [0.2, 0.25) is 10.2 Å². The van der Waals surface area contributed by atoms with Gasteiger partial charge in [-0.15, -0.1) is 0 Å². The number of hydrogen-bond donors (Lipinski definition) is 0. The molecule has 8 heteroatoms. The lowest BCUT2D eigenvalue weighted by Crippen LogP contribution is -2.14. The van der Waals surface area contributed by atoms with Gasteiger partial charge in [0.2, 0.25) is 0 Å². The van der Waals surface area contributed by atoms with Crippen molar-refractivity contribution in [3.8, 4) is 17.6 Å². The second-order valence-corrected chi connectivity index (χ2v) is 6.62. The number of halogens is 3. The van der Waals surface area contributed by atoms with Crippen LogP contribution in [0.3, 0.4) is 0 Å². The first-order valence-corrected chi connectivity index (χ1v) is 8.79. The number of rotatable bonds is 5. The van der Waals surface area contributed by atoms with E-state index in [-0.39, 0.29) is 17.3 Å². The molecule has 5 nitrogen and oxygen atoms in total. The van der Waals surface area contributed by atoms with Gasteiger partial charge in [-0.25, -0.2) is 4.98 Å².